The highest BCUT2D eigenvalue weighted by molar-refractivity contribution is 5.93. The van der Waals surface area contributed by atoms with Gasteiger partial charge in [0.2, 0.25) is 29.9 Å². The summed E-state index contributed by atoms with van der Waals surface area (Å²) < 4.78 is 45.0. The molecule has 94 heavy (non-hydrogen) atoms. The largest absolute Gasteiger partial charge is 0.479 e. The van der Waals surface area contributed by atoms with E-state index in [4.69, 9.17) is 37.9 Å². The number of Topliss-reactive ketones (excluding diaryl/α,β-unsaturated/α-hetero) is 1. The van der Waals surface area contributed by atoms with E-state index < -0.39 is 122 Å². The number of likely N-dealkylation sites (tertiary alicyclic amines) is 1. The minimum absolute atomic E-state index is 0.00705. The minimum atomic E-state index is -2.02. The Balaban J connectivity index is 1.39. The normalized spacial score (nSPS) is 21.1. The molecular formula is C67H108N6O21. The highest BCUT2D eigenvalue weighted by atomic mass is 16.7. The number of rotatable bonds is 42. The molecule has 2 fully saturated rings. The molecule has 2 heterocycles. The van der Waals surface area contributed by atoms with Crippen molar-refractivity contribution in [3.8, 4) is 5.75 Å². The molecule has 0 radical (unpaired) electrons. The van der Waals surface area contributed by atoms with Crippen LogP contribution in [0, 0.1) is 29.6 Å². The van der Waals surface area contributed by atoms with E-state index in [1.165, 1.54) is 32.4 Å². The first-order chi connectivity index (χ1) is 44.5. The van der Waals surface area contributed by atoms with Crippen LogP contribution in [0.1, 0.15) is 131 Å². The maximum Gasteiger partial charge on any atom is 0.410 e. The van der Waals surface area contributed by atoms with Crippen molar-refractivity contribution in [2.45, 2.75) is 200 Å². The number of carboxylic acid groups (broad SMARTS) is 1. The van der Waals surface area contributed by atoms with Crippen LogP contribution < -0.4 is 20.7 Å². The molecule has 0 bridgehead atoms. The summed E-state index contributed by atoms with van der Waals surface area (Å²) in [4.78, 5) is 98.9. The van der Waals surface area contributed by atoms with Crippen LogP contribution >= 0.6 is 0 Å². The molecular weight excluding hydrogens is 1220 g/mol. The highest BCUT2D eigenvalue weighted by Gasteiger charge is 2.49. The van der Waals surface area contributed by atoms with Crippen LogP contribution in [0.15, 0.2) is 48.5 Å². The summed E-state index contributed by atoms with van der Waals surface area (Å²) in [6.45, 7) is 20.4. The second-order valence-electron chi connectivity index (χ2n) is 25.5. The topological polar surface area (TPSA) is 361 Å². The summed E-state index contributed by atoms with van der Waals surface area (Å²) in [6.07, 6.45) is -10.6. The van der Waals surface area contributed by atoms with E-state index in [0.717, 1.165) is 23.3 Å². The van der Waals surface area contributed by atoms with Crippen LogP contribution in [-0.2, 0) is 68.5 Å². The van der Waals surface area contributed by atoms with Gasteiger partial charge in [0.15, 0.2) is 6.10 Å². The molecule has 2 saturated heterocycles. The molecule has 5 amide bonds. The Morgan fingerprint density at radius 2 is 1.35 bits per heavy atom. The van der Waals surface area contributed by atoms with Crippen molar-refractivity contribution in [2.24, 2.45) is 29.6 Å². The Labute approximate surface area is 553 Å². The summed E-state index contributed by atoms with van der Waals surface area (Å²) in [5, 5.41) is 72.3. The molecule has 2 aromatic rings. The number of ether oxygens (including phenoxy) is 8. The zero-order valence-corrected chi connectivity index (χ0v) is 57.2. The van der Waals surface area contributed by atoms with Gasteiger partial charge in [0, 0.05) is 52.2 Å². The summed E-state index contributed by atoms with van der Waals surface area (Å²) >= 11 is 0. The Morgan fingerprint density at radius 1 is 0.745 bits per heavy atom. The third-order valence-electron chi connectivity index (χ3n) is 17.3. The van der Waals surface area contributed by atoms with Crippen molar-refractivity contribution in [1.82, 2.24) is 25.3 Å². The molecule has 2 aromatic carbocycles. The van der Waals surface area contributed by atoms with Gasteiger partial charge in [0.05, 0.1) is 89.6 Å². The zero-order valence-electron chi connectivity index (χ0n) is 57.2. The van der Waals surface area contributed by atoms with Crippen molar-refractivity contribution in [2.75, 3.05) is 85.9 Å². The lowest BCUT2D eigenvalue weighted by atomic mass is 9.89. The summed E-state index contributed by atoms with van der Waals surface area (Å²) in [6, 6.07) is 9.89. The first-order valence-corrected chi connectivity index (χ1v) is 32.9. The average molecular weight is 1330 g/mol. The number of aliphatic carboxylic acids is 1. The number of ketones is 1. The van der Waals surface area contributed by atoms with E-state index in [9.17, 15) is 64.2 Å². The van der Waals surface area contributed by atoms with Crippen molar-refractivity contribution >= 4 is 47.2 Å². The summed E-state index contributed by atoms with van der Waals surface area (Å²) in [5.74, 6) is -4.98. The quantitative estimate of drug-likeness (QED) is 0.0335. The van der Waals surface area contributed by atoms with Gasteiger partial charge in [0.25, 0.3) is 0 Å². The van der Waals surface area contributed by atoms with E-state index in [1.54, 1.807) is 39.6 Å². The van der Waals surface area contributed by atoms with Crippen molar-refractivity contribution in [3.63, 3.8) is 0 Å². The second kappa shape index (κ2) is 40.6. The third kappa shape index (κ3) is 24.6. The molecule has 15 atom stereocenters. The highest BCUT2D eigenvalue weighted by Crippen LogP contribution is 2.33. The van der Waals surface area contributed by atoms with E-state index in [2.05, 4.69) is 16.0 Å². The molecule has 0 aromatic heterocycles. The Hall–Kier alpha value is -5.95. The van der Waals surface area contributed by atoms with Crippen molar-refractivity contribution < 1.29 is 102 Å². The van der Waals surface area contributed by atoms with Gasteiger partial charge in [-0.3, -0.25) is 34.2 Å². The van der Waals surface area contributed by atoms with E-state index in [-0.39, 0.29) is 91.8 Å². The number of carbonyl (C=O) groups excluding carboxylic acids is 6. The van der Waals surface area contributed by atoms with Gasteiger partial charge >= 0.3 is 12.1 Å². The molecule has 27 nitrogen and oxygen atoms in total. The van der Waals surface area contributed by atoms with E-state index in [0.29, 0.717) is 52.2 Å². The Morgan fingerprint density at radius 3 is 1.91 bits per heavy atom. The van der Waals surface area contributed by atoms with Crippen LogP contribution in [0.4, 0.5) is 10.5 Å². The van der Waals surface area contributed by atoms with Gasteiger partial charge in [-0.2, -0.15) is 0 Å². The van der Waals surface area contributed by atoms with Crippen LogP contribution in [0.5, 0.6) is 5.75 Å². The van der Waals surface area contributed by atoms with Crippen LogP contribution in [0.3, 0.4) is 0 Å². The first kappa shape index (κ1) is 80.5. The number of carbonyl (C=O) groups is 7. The molecule has 0 spiro atoms. The van der Waals surface area contributed by atoms with Gasteiger partial charge in [0.1, 0.15) is 54.8 Å². The summed E-state index contributed by atoms with van der Waals surface area (Å²) in [5.41, 5.74) is 0.958. The SMILES string of the molecule is CC[C@H](C)[C@@H]([C@@H](CC(=O)N1CCC[C@H]1C[C@@H](C)C(O)N[C@H](C)[C@@H](O)c1ccccc1)OC)N(C)C(=O)[C@@H](NC(=O)[C@H](C(C)C)N(C)C(=O)OCc1ccc(NC(=O)CCOCCOCCOCCOCCC(=O)C(C)C)c(O[C@@H]2O[C@H](C(=O)O)[C@@H](O)[C@H](O)[C@H]2O)c1)C(C)C. The first-order valence-electron chi connectivity index (χ1n) is 32.9. The van der Waals surface area contributed by atoms with Crippen LogP contribution in [-0.4, -0.2) is 241 Å². The van der Waals surface area contributed by atoms with Gasteiger partial charge in [-0.1, -0.05) is 105 Å². The van der Waals surface area contributed by atoms with Gasteiger partial charge in [-0.05, 0) is 73.1 Å². The van der Waals surface area contributed by atoms with Crippen LogP contribution in [0.25, 0.3) is 0 Å². The number of aliphatic hydroxyl groups is 5. The molecule has 1 unspecified atom stereocenters. The number of anilines is 1. The average Bonchev–Trinajstić information content (AvgIpc) is 0.861. The lowest BCUT2D eigenvalue weighted by Gasteiger charge is -2.41. The number of carboxylic acids is 1. The molecule has 2 aliphatic rings. The Kier molecular flexibility index (Phi) is 34.7. The number of nitrogens with one attached hydrogen (secondary N) is 3. The summed E-state index contributed by atoms with van der Waals surface area (Å²) in [7, 11) is 4.50. The number of likely N-dealkylation sites (N-methyl/N-ethyl adjacent to an activating group) is 2. The molecule has 532 valence electrons. The maximum atomic E-state index is 14.8. The monoisotopic (exact) mass is 1330 g/mol. The third-order valence-corrected chi connectivity index (χ3v) is 17.3. The molecule has 0 aliphatic carbocycles. The predicted octanol–water partition coefficient (Wildman–Crippen LogP) is 4.03. The maximum absolute atomic E-state index is 14.8. The molecule has 2 aliphatic heterocycles. The number of amides is 5. The van der Waals surface area contributed by atoms with Gasteiger partial charge in [-0.15, -0.1) is 0 Å². The number of benzene rings is 2. The molecule has 9 N–H and O–H groups in total. The molecule has 4 rings (SSSR count). The second-order valence-corrected chi connectivity index (χ2v) is 25.5. The standard InChI is InChI=1S/C67H108N6O21/c1-14-42(8)56(51(87-13)37-53(76)73-26-18-21-47(73)35-43(9)62(81)68-44(10)57(77)46-19-16-15-17-20-46)71(11)64(83)54(40(4)5)70-63(82)55(41(6)7)72(12)67(86)92-38-45-22-23-48(50(36-45)93-66-60(80)58(78)59(79)61(94-66)65(84)85)69-52(75)25-28-89-30-32-91-34-33-90-31-29-88-27-24-49(74)39(2)3/h15-17,19-20,22-23,36,39-44,47,51,54-62,66,68,77-81H,14,18,21,24-35,37-38H2,1-13H3,(H,69,75)(H,70,82)(H,84,85)/t42-,43+,44+,47-,51+,54-,55-,56-,57+,58-,59-,60+,61-,62?,66+/m0/s1. The number of nitrogens with zero attached hydrogens (tertiary/aromatic N) is 3. The van der Waals surface area contributed by atoms with Crippen molar-refractivity contribution in [1.29, 1.82) is 0 Å². The number of hydrogen-bond donors (Lipinski definition) is 9. The van der Waals surface area contributed by atoms with Crippen molar-refractivity contribution in [3.05, 3.63) is 59.7 Å². The zero-order chi connectivity index (χ0) is 69.9. The smallest absolute Gasteiger partial charge is 0.410 e. The number of hydrogen-bond acceptors (Lipinski definition) is 21. The van der Waals surface area contributed by atoms with E-state index in [1.807, 2.05) is 76.8 Å². The fourth-order valence-electron chi connectivity index (χ4n) is 11.4. The number of aliphatic hydroxyl groups excluding tert-OH is 5. The number of methoxy groups -OCH3 is 1. The molecule has 27 heteroatoms. The van der Waals surface area contributed by atoms with Gasteiger partial charge < -0.3 is 89.0 Å². The Bertz CT molecular complexity index is 2660. The van der Waals surface area contributed by atoms with Gasteiger partial charge in [-0.25, -0.2) is 9.59 Å². The molecule has 0 saturated carbocycles. The van der Waals surface area contributed by atoms with Crippen LogP contribution in [0.2, 0.25) is 0 Å². The van der Waals surface area contributed by atoms with E-state index >= 15 is 0 Å². The minimum Gasteiger partial charge on any atom is -0.479 e. The fourth-order valence-corrected chi connectivity index (χ4v) is 11.4. The predicted molar refractivity (Wildman–Crippen MR) is 346 cm³/mol. The lowest BCUT2D eigenvalue weighted by Crippen LogP contribution is -2.61. The fraction of sp³-hybridized carbons (Fsp3) is 0.716. The lowest BCUT2D eigenvalue weighted by molar-refractivity contribution is -0.271.